The van der Waals surface area contributed by atoms with E-state index in [4.69, 9.17) is 4.74 Å². The molecular formula is C16H19NOS2. The number of benzene rings is 1. The Balaban J connectivity index is 1.99. The van der Waals surface area contributed by atoms with Crippen LogP contribution in [0.3, 0.4) is 0 Å². The molecule has 1 atom stereocenters. The number of hydrogen-bond acceptors (Lipinski definition) is 4. The van der Waals surface area contributed by atoms with Gasteiger partial charge in [-0.1, -0.05) is 18.2 Å². The van der Waals surface area contributed by atoms with E-state index in [0.29, 0.717) is 0 Å². The van der Waals surface area contributed by atoms with E-state index >= 15 is 0 Å². The first-order chi connectivity index (χ1) is 9.83. The van der Waals surface area contributed by atoms with Gasteiger partial charge in [0.2, 0.25) is 0 Å². The van der Waals surface area contributed by atoms with Crippen LogP contribution in [0.15, 0.2) is 30.3 Å². The zero-order chi connectivity index (χ0) is 13.9. The second-order valence-electron chi connectivity index (χ2n) is 4.86. The number of thiophene rings is 1. The maximum atomic E-state index is 5.51. The van der Waals surface area contributed by atoms with Gasteiger partial charge in [0, 0.05) is 21.1 Å². The van der Waals surface area contributed by atoms with Crippen LogP contribution in [0.2, 0.25) is 0 Å². The number of thioether (sulfide) groups is 1. The zero-order valence-electron chi connectivity index (χ0n) is 11.8. The van der Waals surface area contributed by atoms with Gasteiger partial charge in [-0.2, -0.15) is 11.8 Å². The molecule has 1 aromatic heterocycles. The molecule has 4 heteroatoms. The number of rotatable bonds is 4. The lowest BCUT2D eigenvalue weighted by Gasteiger charge is -2.18. The van der Waals surface area contributed by atoms with Crippen LogP contribution >= 0.6 is 23.1 Å². The largest absolute Gasteiger partial charge is 0.496 e. The maximum absolute atomic E-state index is 5.51. The van der Waals surface area contributed by atoms with Crippen molar-refractivity contribution in [3.8, 4) is 5.75 Å². The Kier molecular flexibility index (Phi) is 4.34. The highest BCUT2D eigenvalue weighted by atomic mass is 32.2. The Labute approximate surface area is 128 Å². The molecule has 0 bridgehead atoms. The fraction of sp³-hybridized carbons (Fsp3) is 0.375. The molecule has 20 heavy (non-hydrogen) atoms. The summed E-state index contributed by atoms with van der Waals surface area (Å²) >= 11 is 3.99. The summed E-state index contributed by atoms with van der Waals surface area (Å²) in [6.45, 7) is 0. The SMILES string of the molecule is CNC(c1cc2c(s1)CCSC2)c1ccccc1OC. The normalized spacial score (nSPS) is 15.7. The highest BCUT2D eigenvalue weighted by molar-refractivity contribution is 7.98. The van der Waals surface area contributed by atoms with Crippen molar-refractivity contribution >= 4 is 23.1 Å². The fourth-order valence-corrected chi connectivity index (χ4v) is 5.17. The Hall–Kier alpha value is -0.970. The lowest BCUT2D eigenvalue weighted by molar-refractivity contribution is 0.405. The Morgan fingerprint density at radius 1 is 1.30 bits per heavy atom. The van der Waals surface area contributed by atoms with Crippen molar-refractivity contribution in [2.45, 2.75) is 18.2 Å². The van der Waals surface area contributed by atoms with Gasteiger partial charge >= 0.3 is 0 Å². The molecule has 0 saturated heterocycles. The Bertz CT molecular complexity index is 570. The summed E-state index contributed by atoms with van der Waals surface area (Å²) < 4.78 is 5.51. The van der Waals surface area contributed by atoms with Gasteiger partial charge in [-0.15, -0.1) is 11.3 Å². The first-order valence-electron chi connectivity index (χ1n) is 6.83. The molecule has 1 aromatic carbocycles. The van der Waals surface area contributed by atoms with Crippen molar-refractivity contribution in [2.75, 3.05) is 19.9 Å². The summed E-state index contributed by atoms with van der Waals surface area (Å²) in [5, 5.41) is 3.44. The molecule has 2 heterocycles. The molecule has 2 nitrogen and oxygen atoms in total. The highest BCUT2D eigenvalue weighted by Crippen LogP contribution is 2.38. The molecule has 2 aromatic rings. The molecule has 1 N–H and O–H groups in total. The molecule has 3 rings (SSSR count). The highest BCUT2D eigenvalue weighted by Gasteiger charge is 2.21. The average Bonchev–Trinajstić information content (AvgIpc) is 2.92. The quantitative estimate of drug-likeness (QED) is 0.927. The summed E-state index contributed by atoms with van der Waals surface area (Å²) in [6, 6.07) is 10.9. The average molecular weight is 305 g/mol. The topological polar surface area (TPSA) is 21.3 Å². The molecule has 0 amide bonds. The summed E-state index contributed by atoms with van der Waals surface area (Å²) in [5.74, 6) is 3.37. The van der Waals surface area contributed by atoms with E-state index in [9.17, 15) is 0 Å². The van der Waals surface area contributed by atoms with Gasteiger partial charge in [-0.05, 0) is 36.9 Å². The number of nitrogens with one attached hydrogen (secondary N) is 1. The minimum atomic E-state index is 0.215. The predicted octanol–water partition coefficient (Wildman–Crippen LogP) is 3.85. The summed E-state index contributed by atoms with van der Waals surface area (Å²) in [4.78, 5) is 2.96. The van der Waals surface area contributed by atoms with E-state index in [1.165, 1.54) is 28.2 Å². The van der Waals surface area contributed by atoms with E-state index in [0.717, 1.165) is 11.5 Å². The van der Waals surface area contributed by atoms with Crippen LogP contribution in [-0.2, 0) is 12.2 Å². The molecule has 0 spiro atoms. The monoisotopic (exact) mass is 305 g/mol. The number of fused-ring (bicyclic) bond motifs is 1. The molecule has 106 valence electrons. The third-order valence-corrected chi connectivity index (χ3v) is 5.98. The molecular weight excluding hydrogens is 286 g/mol. The van der Waals surface area contributed by atoms with Crippen molar-refractivity contribution < 1.29 is 4.74 Å². The number of ether oxygens (including phenoxy) is 1. The first-order valence-corrected chi connectivity index (χ1v) is 8.80. The van der Waals surface area contributed by atoms with Gasteiger partial charge in [-0.3, -0.25) is 0 Å². The van der Waals surface area contributed by atoms with Gasteiger partial charge in [0.15, 0.2) is 0 Å². The fourth-order valence-electron chi connectivity index (χ4n) is 2.67. The molecule has 1 aliphatic heterocycles. The van der Waals surface area contributed by atoms with Crippen molar-refractivity contribution in [2.24, 2.45) is 0 Å². The minimum Gasteiger partial charge on any atom is -0.496 e. The van der Waals surface area contributed by atoms with E-state index in [2.05, 4.69) is 23.5 Å². The van der Waals surface area contributed by atoms with Crippen LogP contribution in [0, 0.1) is 0 Å². The molecule has 1 aliphatic rings. The van der Waals surface area contributed by atoms with E-state index in [1.807, 2.05) is 42.3 Å². The van der Waals surface area contributed by atoms with Crippen molar-refractivity contribution in [3.63, 3.8) is 0 Å². The third kappa shape index (κ3) is 2.60. The first kappa shape index (κ1) is 14.0. The standard InChI is InChI=1S/C16H19NOS2/c1-17-16(12-5-3-4-6-13(12)18-2)15-9-11-10-19-8-7-14(11)20-15/h3-6,9,16-17H,7-8,10H2,1-2H3. The summed E-state index contributed by atoms with van der Waals surface area (Å²) in [7, 11) is 3.76. The van der Waals surface area contributed by atoms with Crippen LogP contribution in [0.4, 0.5) is 0 Å². The maximum Gasteiger partial charge on any atom is 0.124 e. The van der Waals surface area contributed by atoms with Gasteiger partial charge in [0.25, 0.3) is 0 Å². The van der Waals surface area contributed by atoms with Gasteiger partial charge in [0.05, 0.1) is 13.2 Å². The lowest BCUT2D eigenvalue weighted by Crippen LogP contribution is -2.17. The predicted molar refractivity (Wildman–Crippen MR) is 88.1 cm³/mol. The second kappa shape index (κ2) is 6.20. The van der Waals surface area contributed by atoms with E-state index in [1.54, 1.807) is 12.0 Å². The number of aryl methyl sites for hydroxylation is 1. The van der Waals surface area contributed by atoms with Crippen LogP contribution < -0.4 is 10.1 Å². The molecule has 0 fully saturated rings. The third-order valence-electron chi connectivity index (χ3n) is 3.67. The Morgan fingerprint density at radius 3 is 2.90 bits per heavy atom. The molecule has 0 aliphatic carbocycles. The smallest absolute Gasteiger partial charge is 0.124 e. The number of methoxy groups -OCH3 is 1. The van der Waals surface area contributed by atoms with Gasteiger partial charge in [0.1, 0.15) is 5.75 Å². The van der Waals surface area contributed by atoms with Crippen molar-refractivity contribution in [3.05, 3.63) is 51.2 Å². The van der Waals surface area contributed by atoms with E-state index < -0.39 is 0 Å². The number of para-hydroxylation sites is 1. The second-order valence-corrected chi connectivity index (χ2v) is 7.14. The van der Waals surface area contributed by atoms with Gasteiger partial charge < -0.3 is 10.1 Å². The van der Waals surface area contributed by atoms with Crippen molar-refractivity contribution in [1.82, 2.24) is 5.32 Å². The Morgan fingerprint density at radius 2 is 2.15 bits per heavy atom. The van der Waals surface area contributed by atoms with Gasteiger partial charge in [-0.25, -0.2) is 0 Å². The summed E-state index contributed by atoms with van der Waals surface area (Å²) in [6.07, 6.45) is 1.22. The van der Waals surface area contributed by atoms with Crippen LogP contribution in [0.1, 0.15) is 26.9 Å². The summed E-state index contributed by atoms with van der Waals surface area (Å²) in [5.41, 5.74) is 2.74. The zero-order valence-corrected chi connectivity index (χ0v) is 13.4. The molecule has 0 saturated carbocycles. The van der Waals surface area contributed by atoms with Crippen molar-refractivity contribution in [1.29, 1.82) is 0 Å². The molecule has 0 radical (unpaired) electrons. The van der Waals surface area contributed by atoms with E-state index in [-0.39, 0.29) is 6.04 Å². The number of hydrogen-bond donors (Lipinski definition) is 1. The van der Waals surface area contributed by atoms with Crippen LogP contribution in [0.5, 0.6) is 5.75 Å². The van der Waals surface area contributed by atoms with Crippen LogP contribution in [0.25, 0.3) is 0 Å². The molecule has 1 unspecified atom stereocenters. The van der Waals surface area contributed by atoms with Crippen LogP contribution in [-0.4, -0.2) is 19.9 Å². The minimum absolute atomic E-state index is 0.215. The lowest BCUT2D eigenvalue weighted by atomic mass is 10.0.